The minimum atomic E-state index is -0.652. The van der Waals surface area contributed by atoms with Crippen molar-refractivity contribution in [3.63, 3.8) is 0 Å². The number of benzene rings is 4. The summed E-state index contributed by atoms with van der Waals surface area (Å²) >= 11 is 3.43. The van der Waals surface area contributed by atoms with E-state index in [1.807, 2.05) is 60.7 Å². The number of fused-ring (bicyclic) bond motifs is 1. The quantitative estimate of drug-likeness (QED) is 0.190. The van der Waals surface area contributed by atoms with Crippen molar-refractivity contribution in [2.75, 3.05) is 0 Å². The van der Waals surface area contributed by atoms with Gasteiger partial charge in [-0.05, 0) is 77.9 Å². The van der Waals surface area contributed by atoms with E-state index in [2.05, 4.69) is 46.6 Å². The topological polar surface area (TPSA) is 61.8 Å². The van der Waals surface area contributed by atoms with Crippen molar-refractivity contribution in [3.05, 3.63) is 118 Å². The number of esters is 2. The first-order valence-corrected chi connectivity index (χ1v) is 11.8. The fourth-order valence-corrected chi connectivity index (χ4v) is 4.21. The van der Waals surface area contributed by atoms with E-state index in [9.17, 15) is 9.59 Å². The zero-order chi connectivity index (χ0) is 24.6. The lowest BCUT2D eigenvalue weighted by Gasteiger charge is -2.26. The van der Waals surface area contributed by atoms with E-state index >= 15 is 0 Å². The minimum absolute atomic E-state index is 0.220. The van der Waals surface area contributed by atoms with Crippen molar-refractivity contribution in [3.8, 4) is 23.0 Å². The first-order valence-electron chi connectivity index (χ1n) is 11.0. The lowest BCUT2D eigenvalue weighted by atomic mass is 9.78. The van der Waals surface area contributed by atoms with Crippen LogP contribution in [0, 0.1) is 0 Å². The monoisotopic (exact) mass is 528 g/mol. The Hall–Kier alpha value is -3.90. The predicted octanol–water partition coefficient (Wildman–Crippen LogP) is 7.67. The number of carbonyl (C=O) groups excluding carboxylic acids is 2. The molecule has 0 fully saturated rings. The zero-order valence-corrected chi connectivity index (χ0v) is 20.7. The Labute approximate surface area is 211 Å². The molecule has 0 atom stereocenters. The number of halogens is 1. The van der Waals surface area contributed by atoms with Gasteiger partial charge in [-0.15, -0.1) is 0 Å². The molecule has 0 saturated heterocycles. The molecule has 5 nitrogen and oxygen atoms in total. The van der Waals surface area contributed by atoms with Crippen molar-refractivity contribution >= 4 is 27.9 Å². The Morgan fingerprint density at radius 2 is 1.03 bits per heavy atom. The Morgan fingerprint density at radius 1 is 0.600 bits per heavy atom. The summed E-state index contributed by atoms with van der Waals surface area (Å²) in [7, 11) is 0. The van der Waals surface area contributed by atoms with Gasteiger partial charge in [0.15, 0.2) is 0 Å². The van der Waals surface area contributed by atoms with Gasteiger partial charge >= 0.3 is 11.9 Å². The number of cyclic esters (lactones) is 2. The fourth-order valence-electron chi connectivity index (χ4n) is 3.95. The molecular weight excluding hydrogens is 508 g/mol. The Bertz CT molecular complexity index is 1410. The molecule has 0 N–H and O–H groups in total. The van der Waals surface area contributed by atoms with Gasteiger partial charge in [-0.1, -0.05) is 54.0 Å². The van der Waals surface area contributed by atoms with Crippen molar-refractivity contribution in [1.29, 1.82) is 0 Å². The molecule has 1 heterocycles. The van der Waals surface area contributed by atoms with Crippen LogP contribution in [0.1, 0.15) is 45.7 Å². The highest BCUT2D eigenvalue weighted by Gasteiger charge is 2.30. The molecule has 174 valence electrons. The van der Waals surface area contributed by atoms with Gasteiger partial charge in [0.25, 0.3) is 0 Å². The van der Waals surface area contributed by atoms with Crippen LogP contribution >= 0.6 is 15.9 Å². The van der Waals surface area contributed by atoms with E-state index in [1.165, 1.54) is 6.07 Å². The predicted molar refractivity (Wildman–Crippen MR) is 135 cm³/mol. The molecule has 5 rings (SSSR count). The highest BCUT2D eigenvalue weighted by atomic mass is 79.9. The van der Waals surface area contributed by atoms with Crippen LogP contribution in [0.2, 0.25) is 0 Å². The van der Waals surface area contributed by atoms with Crippen LogP contribution in [0.25, 0.3) is 0 Å². The third-order valence-corrected chi connectivity index (χ3v) is 6.58. The normalized spacial score (nSPS) is 12.8. The van der Waals surface area contributed by atoms with Crippen molar-refractivity contribution in [2.45, 2.75) is 19.3 Å². The Morgan fingerprint density at radius 3 is 1.57 bits per heavy atom. The van der Waals surface area contributed by atoms with E-state index in [-0.39, 0.29) is 16.5 Å². The van der Waals surface area contributed by atoms with Gasteiger partial charge < -0.3 is 14.2 Å². The lowest BCUT2D eigenvalue weighted by Crippen LogP contribution is -2.18. The molecule has 0 spiro atoms. The summed E-state index contributed by atoms with van der Waals surface area (Å²) in [6.07, 6.45) is 0. The number of carbonyl (C=O) groups is 2. The highest BCUT2D eigenvalue weighted by molar-refractivity contribution is 9.10. The number of hydrogen-bond donors (Lipinski definition) is 0. The maximum absolute atomic E-state index is 11.8. The number of ether oxygens (including phenoxy) is 3. The molecule has 6 heteroatoms. The second-order valence-electron chi connectivity index (χ2n) is 8.72. The Balaban J connectivity index is 1.29. The fraction of sp³-hybridized carbons (Fsp3) is 0.103. The van der Waals surface area contributed by atoms with E-state index in [1.54, 1.807) is 12.1 Å². The summed E-state index contributed by atoms with van der Waals surface area (Å²) in [6.45, 7) is 4.33. The van der Waals surface area contributed by atoms with E-state index in [0.717, 1.165) is 27.1 Å². The first kappa shape index (κ1) is 22.9. The van der Waals surface area contributed by atoms with Crippen LogP contribution in [0.5, 0.6) is 23.0 Å². The minimum Gasteiger partial charge on any atom is -0.457 e. The molecule has 0 aliphatic carbocycles. The van der Waals surface area contributed by atoms with Crippen LogP contribution in [0.4, 0.5) is 0 Å². The molecule has 35 heavy (non-hydrogen) atoms. The third-order valence-electron chi connectivity index (χ3n) is 6.05. The lowest BCUT2D eigenvalue weighted by molar-refractivity contribution is 0.0443. The average molecular weight is 529 g/mol. The standard InChI is InChI=1S/C29H21BrO5/c1-29(2,18-3-9-21(10-4-18)33-23-13-7-20(30)8-14-23)19-5-11-22(12-6-19)34-24-15-16-25-26(17-24)28(32)35-27(25)31/h3-17H,1-2H3. The highest BCUT2D eigenvalue weighted by Crippen LogP contribution is 2.35. The molecule has 4 aromatic carbocycles. The average Bonchev–Trinajstić information content (AvgIpc) is 3.14. The van der Waals surface area contributed by atoms with Crippen molar-refractivity contribution < 1.29 is 23.8 Å². The van der Waals surface area contributed by atoms with Gasteiger partial charge in [-0.2, -0.15) is 0 Å². The zero-order valence-electron chi connectivity index (χ0n) is 19.1. The molecule has 0 saturated carbocycles. The molecule has 0 bridgehead atoms. The second kappa shape index (κ2) is 9.04. The molecule has 0 amide bonds. The second-order valence-corrected chi connectivity index (χ2v) is 9.63. The maximum atomic E-state index is 11.8. The molecule has 0 radical (unpaired) electrons. The Kier molecular flexibility index (Phi) is 5.91. The van der Waals surface area contributed by atoms with Gasteiger partial charge in [0.05, 0.1) is 11.1 Å². The van der Waals surface area contributed by atoms with E-state index in [4.69, 9.17) is 9.47 Å². The van der Waals surface area contributed by atoms with Crippen molar-refractivity contribution in [2.24, 2.45) is 0 Å². The molecule has 4 aromatic rings. The molecular formula is C29H21BrO5. The summed E-state index contributed by atoms with van der Waals surface area (Å²) in [5, 5.41) is 0. The third kappa shape index (κ3) is 4.70. The van der Waals surface area contributed by atoms with Gasteiger partial charge in [0.2, 0.25) is 0 Å². The molecule has 1 aliphatic heterocycles. The van der Waals surface area contributed by atoms with Crippen LogP contribution in [-0.2, 0) is 10.2 Å². The molecule has 0 aromatic heterocycles. The van der Waals surface area contributed by atoms with Gasteiger partial charge in [0.1, 0.15) is 23.0 Å². The van der Waals surface area contributed by atoms with Crippen LogP contribution in [0.15, 0.2) is 95.5 Å². The SMILES string of the molecule is CC(C)(c1ccc(Oc2ccc(Br)cc2)cc1)c1ccc(Oc2ccc3c(c2)C(=O)OC3=O)cc1. The summed E-state index contributed by atoms with van der Waals surface area (Å²) < 4.78 is 17.5. The van der Waals surface area contributed by atoms with Crippen molar-refractivity contribution in [1.82, 2.24) is 0 Å². The molecule has 0 unspecified atom stereocenters. The smallest absolute Gasteiger partial charge is 0.347 e. The summed E-state index contributed by atoms with van der Waals surface area (Å²) in [4.78, 5) is 23.4. The maximum Gasteiger partial charge on any atom is 0.347 e. The first-order chi connectivity index (χ1) is 16.8. The van der Waals surface area contributed by atoms with Crippen LogP contribution in [-0.4, -0.2) is 11.9 Å². The molecule has 1 aliphatic rings. The summed E-state index contributed by atoms with van der Waals surface area (Å²) in [6, 6.07) is 28.3. The largest absolute Gasteiger partial charge is 0.457 e. The van der Waals surface area contributed by atoms with Gasteiger partial charge in [-0.25, -0.2) is 9.59 Å². The van der Waals surface area contributed by atoms with E-state index in [0.29, 0.717) is 11.5 Å². The number of hydrogen-bond acceptors (Lipinski definition) is 5. The van der Waals surface area contributed by atoms with Gasteiger partial charge in [0, 0.05) is 9.89 Å². The van der Waals surface area contributed by atoms with Crippen LogP contribution < -0.4 is 9.47 Å². The summed E-state index contributed by atoms with van der Waals surface area (Å²) in [5.41, 5.74) is 2.50. The summed E-state index contributed by atoms with van der Waals surface area (Å²) in [5.74, 6) is 1.36. The van der Waals surface area contributed by atoms with E-state index < -0.39 is 11.9 Å². The van der Waals surface area contributed by atoms with Crippen LogP contribution in [0.3, 0.4) is 0 Å². The number of rotatable bonds is 6. The van der Waals surface area contributed by atoms with Gasteiger partial charge in [-0.3, -0.25) is 0 Å².